The fraction of sp³-hybridized carbons (Fsp3) is 0.714. The average molecular weight is 254 g/mol. The third kappa shape index (κ3) is 4.14. The van der Waals surface area contributed by atoms with Crippen molar-refractivity contribution in [1.29, 1.82) is 0 Å². The maximum Gasteiger partial charge on any atom is 0.0716 e. The maximum atomic E-state index is 2.39. The van der Waals surface area contributed by atoms with Gasteiger partial charge in [-0.3, -0.25) is 0 Å². The molecule has 0 aromatic rings. The molecule has 0 saturated carbocycles. The van der Waals surface area contributed by atoms with Crippen molar-refractivity contribution in [2.45, 2.75) is 26.6 Å². The van der Waals surface area contributed by atoms with Crippen LogP contribution in [0.4, 0.5) is 0 Å². The smallest absolute Gasteiger partial charge is 0.0716 e. The number of halogens is 1. The number of rotatable bonds is 2. The average Bonchev–Trinajstić information content (AvgIpc) is 1.64. The summed E-state index contributed by atoms with van der Waals surface area (Å²) in [5, 5.41) is 1.62. The highest BCUT2D eigenvalue weighted by Gasteiger charge is 2.13. The summed E-state index contributed by atoms with van der Waals surface area (Å²) in [4.78, 5) is 0. The highest BCUT2D eigenvalue weighted by atomic mass is 127. The minimum Gasteiger partial charge on any atom is -0.0872 e. The van der Waals surface area contributed by atoms with Gasteiger partial charge in [0.05, 0.1) is 8.07 Å². The van der Waals surface area contributed by atoms with Gasteiger partial charge in [0.2, 0.25) is 0 Å². The van der Waals surface area contributed by atoms with Gasteiger partial charge in [-0.2, -0.15) is 0 Å². The van der Waals surface area contributed by atoms with Gasteiger partial charge in [-0.1, -0.05) is 53.5 Å². The van der Waals surface area contributed by atoms with Gasteiger partial charge in [0.15, 0.2) is 0 Å². The van der Waals surface area contributed by atoms with Crippen molar-refractivity contribution >= 4 is 30.7 Å². The summed E-state index contributed by atoms with van der Waals surface area (Å²) >= 11 is 2.39. The second kappa shape index (κ2) is 3.76. The summed E-state index contributed by atoms with van der Waals surface area (Å²) < 4.78 is 1.16. The zero-order chi connectivity index (χ0) is 7.49. The molecule has 0 aliphatic rings. The topological polar surface area (TPSA) is 0 Å². The molecule has 0 unspecified atom stereocenters. The highest BCUT2D eigenvalue weighted by molar-refractivity contribution is 14.1. The van der Waals surface area contributed by atoms with E-state index < -0.39 is 8.07 Å². The van der Waals surface area contributed by atoms with Crippen LogP contribution in [-0.2, 0) is 0 Å². The Balaban J connectivity index is 4.03. The van der Waals surface area contributed by atoms with E-state index in [1.54, 1.807) is 5.20 Å². The van der Waals surface area contributed by atoms with E-state index in [2.05, 4.69) is 55.2 Å². The van der Waals surface area contributed by atoms with Crippen molar-refractivity contribution in [1.82, 2.24) is 0 Å². The summed E-state index contributed by atoms with van der Waals surface area (Å²) in [6, 6.07) is 0. The fourth-order valence-corrected chi connectivity index (χ4v) is 2.21. The van der Waals surface area contributed by atoms with Crippen LogP contribution in [0.3, 0.4) is 0 Å². The number of allylic oxidation sites excluding steroid dienone is 2. The molecular formula is C7H15ISi. The first-order valence-electron chi connectivity index (χ1n) is 3.21. The van der Waals surface area contributed by atoms with E-state index in [4.69, 9.17) is 0 Å². The van der Waals surface area contributed by atoms with E-state index in [1.807, 2.05) is 0 Å². The lowest BCUT2D eigenvalue weighted by molar-refractivity contribution is 1.50. The first-order chi connectivity index (χ1) is 3.98. The monoisotopic (exact) mass is 254 g/mol. The second-order valence-electron chi connectivity index (χ2n) is 3.29. The van der Waals surface area contributed by atoms with Gasteiger partial charge in [-0.05, 0) is 6.92 Å². The van der Waals surface area contributed by atoms with Crippen molar-refractivity contribution in [3.8, 4) is 0 Å². The third-order valence-corrected chi connectivity index (χ3v) is 4.58. The molecule has 0 nitrogen and oxygen atoms in total. The van der Waals surface area contributed by atoms with E-state index in [1.165, 1.54) is 0 Å². The van der Waals surface area contributed by atoms with Crippen LogP contribution in [0.5, 0.6) is 0 Å². The van der Waals surface area contributed by atoms with Gasteiger partial charge in [0.1, 0.15) is 0 Å². The van der Waals surface area contributed by atoms with Crippen LogP contribution >= 0.6 is 22.6 Å². The molecule has 0 atom stereocenters. The Bertz CT molecular complexity index is 111. The van der Waals surface area contributed by atoms with Crippen molar-refractivity contribution in [2.75, 3.05) is 4.43 Å². The zero-order valence-electron chi connectivity index (χ0n) is 6.66. The molecule has 0 aliphatic heterocycles. The lowest BCUT2D eigenvalue weighted by atomic mass is 10.6. The Morgan fingerprint density at radius 3 is 2.00 bits per heavy atom. The molecule has 0 saturated heterocycles. The van der Waals surface area contributed by atoms with Gasteiger partial charge in [0.25, 0.3) is 0 Å². The summed E-state index contributed by atoms with van der Waals surface area (Å²) in [6.07, 6.45) is 2.34. The van der Waals surface area contributed by atoms with Crippen molar-refractivity contribution < 1.29 is 0 Å². The molecular weight excluding hydrogens is 239 g/mol. The molecule has 0 spiro atoms. The Hall–Kier alpha value is 0.687. The van der Waals surface area contributed by atoms with Crippen LogP contribution in [0.2, 0.25) is 19.6 Å². The van der Waals surface area contributed by atoms with Crippen LogP contribution < -0.4 is 0 Å². The Kier molecular flexibility index (Phi) is 4.04. The van der Waals surface area contributed by atoms with Crippen LogP contribution in [0, 0.1) is 0 Å². The third-order valence-electron chi connectivity index (χ3n) is 1.57. The Morgan fingerprint density at radius 1 is 1.44 bits per heavy atom. The van der Waals surface area contributed by atoms with E-state index in [9.17, 15) is 0 Å². The van der Waals surface area contributed by atoms with E-state index >= 15 is 0 Å². The number of alkyl halides is 1. The maximum absolute atomic E-state index is 2.39. The molecule has 0 rings (SSSR count). The number of hydrogen-bond acceptors (Lipinski definition) is 0. The summed E-state index contributed by atoms with van der Waals surface area (Å²) in [5.41, 5.74) is 0. The standard InChI is InChI=1S/C7H15ISi/c1-7(5-6-8)9(2,3)4/h5H,6H2,1-4H3/b7-5+. The highest BCUT2D eigenvalue weighted by Crippen LogP contribution is 2.13. The molecule has 54 valence electrons. The van der Waals surface area contributed by atoms with Gasteiger partial charge >= 0.3 is 0 Å². The minimum atomic E-state index is -0.925. The summed E-state index contributed by atoms with van der Waals surface area (Å²) in [5.74, 6) is 0. The van der Waals surface area contributed by atoms with Crippen LogP contribution in [0.25, 0.3) is 0 Å². The molecule has 0 amide bonds. The minimum absolute atomic E-state index is 0.925. The molecule has 0 heterocycles. The van der Waals surface area contributed by atoms with Gasteiger partial charge in [-0.15, -0.1) is 0 Å². The first kappa shape index (κ1) is 9.69. The SMILES string of the molecule is C/C(=C\CI)[Si](C)(C)C. The predicted octanol–water partition coefficient (Wildman–Crippen LogP) is 3.25. The van der Waals surface area contributed by atoms with E-state index in [-0.39, 0.29) is 0 Å². The van der Waals surface area contributed by atoms with Gasteiger partial charge < -0.3 is 0 Å². The molecule has 0 aromatic carbocycles. The van der Waals surface area contributed by atoms with Crippen molar-refractivity contribution in [2.24, 2.45) is 0 Å². The van der Waals surface area contributed by atoms with Gasteiger partial charge in [-0.25, -0.2) is 0 Å². The molecule has 0 fully saturated rings. The predicted molar refractivity (Wildman–Crippen MR) is 56.0 cm³/mol. The normalized spacial score (nSPS) is 14.1. The molecule has 0 bridgehead atoms. The molecule has 9 heavy (non-hydrogen) atoms. The van der Waals surface area contributed by atoms with Crippen LogP contribution in [-0.4, -0.2) is 12.5 Å². The second-order valence-corrected chi connectivity index (χ2v) is 9.46. The van der Waals surface area contributed by atoms with Crippen molar-refractivity contribution in [3.05, 3.63) is 11.3 Å². The summed E-state index contributed by atoms with van der Waals surface area (Å²) in [6.45, 7) is 9.40. The van der Waals surface area contributed by atoms with Crippen LogP contribution in [0.1, 0.15) is 6.92 Å². The zero-order valence-corrected chi connectivity index (χ0v) is 9.82. The molecule has 0 aromatic heterocycles. The fourth-order valence-electron chi connectivity index (χ4n) is 0.422. The van der Waals surface area contributed by atoms with Gasteiger partial charge in [0, 0.05) is 4.43 Å². The van der Waals surface area contributed by atoms with E-state index in [0.29, 0.717) is 0 Å². The largest absolute Gasteiger partial charge is 0.0872 e. The van der Waals surface area contributed by atoms with Crippen molar-refractivity contribution in [3.63, 3.8) is 0 Å². The lowest BCUT2D eigenvalue weighted by Gasteiger charge is -2.16. The molecule has 0 aliphatic carbocycles. The molecule has 0 N–H and O–H groups in total. The molecule has 0 radical (unpaired) electrons. The number of hydrogen-bond donors (Lipinski definition) is 0. The van der Waals surface area contributed by atoms with E-state index in [0.717, 1.165) is 4.43 Å². The Labute approximate surface area is 72.9 Å². The Morgan fingerprint density at radius 2 is 1.89 bits per heavy atom. The molecule has 2 heteroatoms. The van der Waals surface area contributed by atoms with Crippen LogP contribution in [0.15, 0.2) is 11.3 Å². The first-order valence-corrected chi connectivity index (χ1v) is 8.24. The lowest BCUT2D eigenvalue weighted by Crippen LogP contribution is -2.21. The summed E-state index contributed by atoms with van der Waals surface area (Å²) in [7, 11) is -0.925. The quantitative estimate of drug-likeness (QED) is 0.403.